The second kappa shape index (κ2) is 3.87. The van der Waals surface area contributed by atoms with Crippen LogP contribution in [-0.2, 0) is 0 Å². The molecular weight excluding hydrogens is 217 g/mol. The van der Waals surface area contributed by atoms with E-state index in [0.29, 0.717) is 16.9 Å². The Labute approximate surface area is 99.8 Å². The highest BCUT2D eigenvalue weighted by molar-refractivity contribution is 5.98. The third-order valence-corrected chi connectivity index (χ3v) is 2.38. The SMILES string of the molecule is CC(C)(C)Nc1c(F)cc(N)c2cccnc12. The third kappa shape index (κ3) is 2.30. The van der Waals surface area contributed by atoms with Gasteiger partial charge in [-0.25, -0.2) is 4.39 Å². The fourth-order valence-corrected chi connectivity index (χ4v) is 1.73. The van der Waals surface area contributed by atoms with Gasteiger partial charge in [0.1, 0.15) is 0 Å². The Morgan fingerprint density at radius 2 is 2.06 bits per heavy atom. The summed E-state index contributed by atoms with van der Waals surface area (Å²) >= 11 is 0. The average molecular weight is 233 g/mol. The molecular formula is C13H16FN3. The highest BCUT2D eigenvalue weighted by Crippen LogP contribution is 2.31. The molecule has 0 aliphatic heterocycles. The molecule has 0 fully saturated rings. The summed E-state index contributed by atoms with van der Waals surface area (Å²) in [6, 6.07) is 4.96. The van der Waals surface area contributed by atoms with Gasteiger partial charge >= 0.3 is 0 Å². The number of hydrogen-bond acceptors (Lipinski definition) is 3. The largest absolute Gasteiger partial charge is 0.398 e. The van der Waals surface area contributed by atoms with Crippen molar-refractivity contribution in [2.45, 2.75) is 26.3 Å². The molecule has 1 aromatic heterocycles. The summed E-state index contributed by atoms with van der Waals surface area (Å²) in [6.07, 6.45) is 1.63. The van der Waals surface area contributed by atoms with E-state index in [2.05, 4.69) is 10.3 Å². The molecule has 3 N–H and O–H groups in total. The van der Waals surface area contributed by atoms with Crippen molar-refractivity contribution in [3.8, 4) is 0 Å². The molecule has 2 rings (SSSR count). The minimum atomic E-state index is -0.372. The number of nitrogen functional groups attached to an aromatic ring is 1. The third-order valence-electron chi connectivity index (χ3n) is 2.38. The Hall–Kier alpha value is -1.84. The number of nitrogens with two attached hydrogens (primary N) is 1. The number of nitrogens with zero attached hydrogens (tertiary/aromatic N) is 1. The van der Waals surface area contributed by atoms with Crippen LogP contribution in [0, 0.1) is 5.82 Å². The zero-order chi connectivity index (χ0) is 12.6. The van der Waals surface area contributed by atoms with Crippen LogP contribution in [0.2, 0.25) is 0 Å². The van der Waals surface area contributed by atoms with Crippen molar-refractivity contribution >= 4 is 22.3 Å². The molecule has 0 amide bonds. The summed E-state index contributed by atoms with van der Waals surface area (Å²) in [5, 5.41) is 3.89. The van der Waals surface area contributed by atoms with Crippen LogP contribution < -0.4 is 11.1 Å². The lowest BCUT2D eigenvalue weighted by Gasteiger charge is -2.23. The van der Waals surface area contributed by atoms with Gasteiger partial charge in [0.25, 0.3) is 0 Å². The van der Waals surface area contributed by atoms with Crippen molar-refractivity contribution in [1.82, 2.24) is 4.98 Å². The van der Waals surface area contributed by atoms with E-state index in [9.17, 15) is 4.39 Å². The monoisotopic (exact) mass is 233 g/mol. The van der Waals surface area contributed by atoms with Crippen LogP contribution in [0.25, 0.3) is 10.9 Å². The zero-order valence-corrected chi connectivity index (χ0v) is 10.2. The van der Waals surface area contributed by atoms with Gasteiger partial charge in [-0.15, -0.1) is 0 Å². The van der Waals surface area contributed by atoms with E-state index in [4.69, 9.17) is 5.73 Å². The number of benzene rings is 1. The number of rotatable bonds is 1. The average Bonchev–Trinajstić information content (AvgIpc) is 2.23. The summed E-state index contributed by atoms with van der Waals surface area (Å²) in [7, 11) is 0. The molecule has 0 aliphatic rings. The molecule has 0 spiro atoms. The maximum absolute atomic E-state index is 13.9. The Morgan fingerprint density at radius 1 is 1.35 bits per heavy atom. The van der Waals surface area contributed by atoms with Crippen molar-refractivity contribution in [1.29, 1.82) is 0 Å². The highest BCUT2D eigenvalue weighted by atomic mass is 19.1. The molecule has 2 aromatic rings. The Bertz CT molecular complexity index is 558. The second-order valence-electron chi connectivity index (χ2n) is 5.10. The van der Waals surface area contributed by atoms with Crippen LogP contribution in [0.15, 0.2) is 24.4 Å². The van der Waals surface area contributed by atoms with E-state index >= 15 is 0 Å². The van der Waals surface area contributed by atoms with Gasteiger partial charge in [-0.3, -0.25) is 4.98 Å². The van der Waals surface area contributed by atoms with E-state index in [1.54, 1.807) is 12.3 Å². The number of hydrogen-bond donors (Lipinski definition) is 2. The van der Waals surface area contributed by atoms with Gasteiger partial charge in [-0.2, -0.15) is 0 Å². The fourth-order valence-electron chi connectivity index (χ4n) is 1.73. The van der Waals surface area contributed by atoms with Gasteiger partial charge in [0.2, 0.25) is 0 Å². The molecule has 0 unspecified atom stereocenters. The quantitative estimate of drug-likeness (QED) is 0.744. The summed E-state index contributed by atoms with van der Waals surface area (Å²) in [5.41, 5.74) is 6.93. The molecule has 0 saturated heterocycles. The molecule has 0 radical (unpaired) electrons. The summed E-state index contributed by atoms with van der Waals surface area (Å²) in [5.74, 6) is -0.372. The van der Waals surface area contributed by atoms with Crippen LogP contribution >= 0.6 is 0 Å². The second-order valence-corrected chi connectivity index (χ2v) is 5.10. The maximum Gasteiger partial charge on any atom is 0.150 e. The summed E-state index contributed by atoms with van der Waals surface area (Å²) in [6.45, 7) is 5.91. The van der Waals surface area contributed by atoms with Gasteiger partial charge in [0.15, 0.2) is 5.82 Å². The van der Waals surface area contributed by atoms with Crippen molar-refractivity contribution in [3.63, 3.8) is 0 Å². The molecule has 0 bridgehead atoms. The van der Waals surface area contributed by atoms with E-state index in [0.717, 1.165) is 5.39 Å². The minimum Gasteiger partial charge on any atom is -0.398 e. The zero-order valence-electron chi connectivity index (χ0n) is 10.2. The number of pyridine rings is 1. The number of nitrogens with one attached hydrogen (secondary N) is 1. The number of anilines is 2. The smallest absolute Gasteiger partial charge is 0.150 e. The first-order valence-corrected chi connectivity index (χ1v) is 5.49. The van der Waals surface area contributed by atoms with Gasteiger partial charge < -0.3 is 11.1 Å². The highest BCUT2D eigenvalue weighted by Gasteiger charge is 2.17. The molecule has 17 heavy (non-hydrogen) atoms. The van der Waals surface area contributed by atoms with Crippen molar-refractivity contribution in [3.05, 3.63) is 30.2 Å². The Kier molecular flexibility index (Phi) is 2.65. The van der Waals surface area contributed by atoms with E-state index in [1.807, 2.05) is 26.8 Å². The standard InChI is InChI=1S/C13H16FN3/c1-13(2,3)17-12-9(14)7-10(15)8-5-4-6-16-11(8)12/h4-7,17H,15H2,1-3H3. The van der Waals surface area contributed by atoms with Crippen LogP contribution in [0.1, 0.15) is 20.8 Å². The Balaban J connectivity index is 2.69. The molecule has 90 valence electrons. The first kappa shape index (κ1) is 11.6. The predicted molar refractivity (Wildman–Crippen MR) is 69.5 cm³/mol. The molecule has 0 aliphatic carbocycles. The van der Waals surface area contributed by atoms with Gasteiger partial charge in [-0.1, -0.05) is 0 Å². The number of halogens is 1. The summed E-state index contributed by atoms with van der Waals surface area (Å²) in [4.78, 5) is 4.20. The first-order chi connectivity index (χ1) is 7.88. The van der Waals surface area contributed by atoms with E-state index < -0.39 is 0 Å². The van der Waals surface area contributed by atoms with Crippen molar-refractivity contribution in [2.75, 3.05) is 11.1 Å². The molecule has 4 heteroatoms. The number of aromatic nitrogens is 1. The topological polar surface area (TPSA) is 50.9 Å². The minimum absolute atomic E-state index is 0.235. The molecule has 1 aromatic carbocycles. The van der Waals surface area contributed by atoms with Crippen LogP contribution in [0.5, 0.6) is 0 Å². The van der Waals surface area contributed by atoms with Crippen molar-refractivity contribution in [2.24, 2.45) is 0 Å². The van der Waals surface area contributed by atoms with Gasteiger partial charge in [0, 0.05) is 22.8 Å². The Morgan fingerprint density at radius 3 is 2.71 bits per heavy atom. The van der Waals surface area contributed by atoms with Crippen LogP contribution in [0.4, 0.5) is 15.8 Å². The van der Waals surface area contributed by atoms with E-state index in [-0.39, 0.29) is 11.4 Å². The lowest BCUT2D eigenvalue weighted by molar-refractivity contribution is 0.600. The molecule has 0 atom stereocenters. The first-order valence-electron chi connectivity index (χ1n) is 5.49. The molecule has 1 heterocycles. The molecule has 0 saturated carbocycles. The lowest BCUT2D eigenvalue weighted by atomic mass is 10.1. The fraction of sp³-hybridized carbons (Fsp3) is 0.308. The number of fused-ring (bicyclic) bond motifs is 1. The van der Waals surface area contributed by atoms with Gasteiger partial charge in [0.05, 0.1) is 11.2 Å². The molecule has 3 nitrogen and oxygen atoms in total. The van der Waals surface area contributed by atoms with Crippen LogP contribution in [0.3, 0.4) is 0 Å². The van der Waals surface area contributed by atoms with Crippen molar-refractivity contribution < 1.29 is 4.39 Å². The summed E-state index contributed by atoms with van der Waals surface area (Å²) < 4.78 is 13.9. The van der Waals surface area contributed by atoms with Crippen LogP contribution in [-0.4, -0.2) is 10.5 Å². The predicted octanol–water partition coefficient (Wildman–Crippen LogP) is 3.17. The lowest BCUT2D eigenvalue weighted by Crippen LogP contribution is -2.27. The van der Waals surface area contributed by atoms with E-state index in [1.165, 1.54) is 6.07 Å². The maximum atomic E-state index is 13.9. The normalized spacial score (nSPS) is 11.8. The van der Waals surface area contributed by atoms with Gasteiger partial charge in [-0.05, 0) is 39.0 Å².